The predicted molar refractivity (Wildman–Crippen MR) is 97.0 cm³/mol. The molecular formula is C20H25NO3. The summed E-state index contributed by atoms with van der Waals surface area (Å²) in [5, 5.41) is 2.89. The molecule has 0 aliphatic heterocycles. The van der Waals surface area contributed by atoms with Gasteiger partial charge in [0.15, 0.2) is 0 Å². The first kappa shape index (κ1) is 17.9. The highest BCUT2D eigenvalue weighted by Gasteiger charge is 2.07. The summed E-state index contributed by atoms with van der Waals surface area (Å²) in [4.78, 5) is 12.3. The van der Waals surface area contributed by atoms with E-state index in [0.29, 0.717) is 24.5 Å². The molecule has 2 rings (SSSR count). The molecule has 2 aromatic carbocycles. The number of nitrogens with one attached hydrogen (secondary N) is 1. The molecule has 0 aliphatic rings. The zero-order chi connectivity index (χ0) is 17.2. The van der Waals surface area contributed by atoms with Crippen LogP contribution in [0.2, 0.25) is 0 Å². The number of hydrogen-bond acceptors (Lipinski definition) is 3. The third kappa shape index (κ3) is 5.61. The van der Waals surface area contributed by atoms with Gasteiger partial charge in [-0.1, -0.05) is 26.3 Å². The number of unbranched alkanes of at least 4 members (excludes halogenated alkanes) is 1. The summed E-state index contributed by atoms with van der Waals surface area (Å²) in [6.07, 6.45) is 3.08. The smallest absolute Gasteiger partial charge is 0.255 e. The highest BCUT2D eigenvalue weighted by atomic mass is 16.5. The summed E-state index contributed by atoms with van der Waals surface area (Å²) >= 11 is 0. The number of benzene rings is 2. The van der Waals surface area contributed by atoms with Crippen molar-refractivity contribution in [2.45, 2.75) is 33.1 Å². The lowest BCUT2D eigenvalue weighted by molar-refractivity contribution is 0.102. The summed E-state index contributed by atoms with van der Waals surface area (Å²) < 4.78 is 11.2. The summed E-state index contributed by atoms with van der Waals surface area (Å²) in [6, 6.07) is 14.6. The van der Waals surface area contributed by atoms with Crippen molar-refractivity contribution in [3.63, 3.8) is 0 Å². The second-order valence-corrected chi connectivity index (χ2v) is 5.56. The monoisotopic (exact) mass is 327 g/mol. The second kappa shape index (κ2) is 9.60. The highest BCUT2D eigenvalue weighted by molar-refractivity contribution is 6.04. The lowest BCUT2D eigenvalue weighted by atomic mass is 10.2. The first-order valence-electron chi connectivity index (χ1n) is 8.50. The van der Waals surface area contributed by atoms with Gasteiger partial charge in [0.25, 0.3) is 5.91 Å². The minimum Gasteiger partial charge on any atom is -0.494 e. The van der Waals surface area contributed by atoms with Crippen LogP contribution in [0.4, 0.5) is 5.69 Å². The third-order valence-corrected chi connectivity index (χ3v) is 3.45. The molecule has 4 heteroatoms. The van der Waals surface area contributed by atoms with Crippen LogP contribution in [0.5, 0.6) is 11.5 Å². The van der Waals surface area contributed by atoms with Crippen molar-refractivity contribution < 1.29 is 14.3 Å². The molecule has 128 valence electrons. The fourth-order valence-corrected chi connectivity index (χ4v) is 2.12. The fourth-order valence-electron chi connectivity index (χ4n) is 2.12. The van der Waals surface area contributed by atoms with Crippen LogP contribution in [-0.4, -0.2) is 19.1 Å². The molecule has 4 nitrogen and oxygen atoms in total. The molecule has 0 aliphatic carbocycles. The molecular weight excluding hydrogens is 302 g/mol. The number of anilines is 1. The Morgan fingerprint density at radius 2 is 1.67 bits per heavy atom. The minimum absolute atomic E-state index is 0.156. The molecule has 0 spiro atoms. The van der Waals surface area contributed by atoms with E-state index in [1.807, 2.05) is 43.3 Å². The normalized spacial score (nSPS) is 10.2. The largest absolute Gasteiger partial charge is 0.494 e. The van der Waals surface area contributed by atoms with Gasteiger partial charge in [-0.2, -0.15) is 0 Å². The Hall–Kier alpha value is -2.49. The van der Waals surface area contributed by atoms with Gasteiger partial charge in [-0.15, -0.1) is 0 Å². The molecule has 0 atom stereocenters. The van der Waals surface area contributed by atoms with Gasteiger partial charge in [-0.25, -0.2) is 0 Å². The number of carbonyl (C=O) groups is 1. The van der Waals surface area contributed by atoms with Gasteiger partial charge < -0.3 is 14.8 Å². The minimum atomic E-state index is -0.156. The quantitative estimate of drug-likeness (QED) is 0.666. The summed E-state index contributed by atoms with van der Waals surface area (Å²) in [7, 11) is 0. The average Bonchev–Trinajstić information content (AvgIpc) is 2.62. The maximum atomic E-state index is 12.3. The van der Waals surface area contributed by atoms with Crippen LogP contribution in [0.15, 0.2) is 48.5 Å². The highest BCUT2D eigenvalue weighted by Crippen LogP contribution is 2.18. The van der Waals surface area contributed by atoms with Crippen molar-refractivity contribution in [1.82, 2.24) is 0 Å². The molecule has 0 saturated heterocycles. The summed E-state index contributed by atoms with van der Waals surface area (Å²) in [5.74, 6) is 1.37. The number of rotatable bonds is 9. The Kier molecular flexibility index (Phi) is 7.15. The molecule has 0 saturated carbocycles. The maximum Gasteiger partial charge on any atom is 0.255 e. The lowest BCUT2D eigenvalue weighted by Gasteiger charge is -2.09. The molecule has 1 amide bonds. The SMILES string of the molecule is CCCCOc1ccc(NC(=O)c2cccc(OCCC)c2)cc1. The van der Waals surface area contributed by atoms with Gasteiger partial charge in [0.1, 0.15) is 11.5 Å². The molecule has 2 aromatic rings. The second-order valence-electron chi connectivity index (χ2n) is 5.56. The van der Waals surface area contributed by atoms with E-state index in [0.717, 1.165) is 30.7 Å². The predicted octanol–water partition coefficient (Wildman–Crippen LogP) is 4.91. The van der Waals surface area contributed by atoms with Crippen LogP contribution in [-0.2, 0) is 0 Å². The number of amides is 1. The van der Waals surface area contributed by atoms with Gasteiger partial charge in [-0.05, 0) is 55.3 Å². The topological polar surface area (TPSA) is 47.6 Å². The first-order chi connectivity index (χ1) is 11.7. The Labute approximate surface area is 143 Å². The third-order valence-electron chi connectivity index (χ3n) is 3.45. The number of hydrogen-bond donors (Lipinski definition) is 1. The Bertz CT molecular complexity index is 638. The van der Waals surface area contributed by atoms with Crippen LogP contribution < -0.4 is 14.8 Å². The van der Waals surface area contributed by atoms with Crippen molar-refractivity contribution in [3.8, 4) is 11.5 Å². The molecule has 24 heavy (non-hydrogen) atoms. The van der Waals surface area contributed by atoms with E-state index in [4.69, 9.17) is 9.47 Å². The molecule has 0 radical (unpaired) electrons. The van der Waals surface area contributed by atoms with Crippen LogP contribution in [0.3, 0.4) is 0 Å². The lowest BCUT2D eigenvalue weighted by Crippen LogP contribution is -2.12. The first-order valence-corrected chi connectivity index (χ1v) is 8.50. The van der Waals surface area contributed by atoms with Crippen molar-refractivity contribution in [2.75, 3.05) is 18.5 Å². The molecule has 0 aromatic heterocycles. The number of carbonyl (C=O) groups excluding carboxylic acids is 1. The fraction of sp³-hybridized carbons (Fsp3) is 0.350. The van der Waals surface area contributed by atoms with Crippen molar-refractivity contribution in [3.05, 3.63) is 54.1 Å². The Morgan fingerprint density at radius 1 is 0.917 bits per heavy atom. The van der Waals surface area contributed by atoms with Crippen molar-refractivity contribution >= 4 is 11.6 Å². The van der Waals surface area contributed by atoms with Gasteiger partial charge in [-0.3, -0.25) is 4.79 Å². The van der Waals surface area contributed by atoms with E-state index < -0.39 is 0 Å². The van der Waals surface area contributed by atoms with Crippen LogP contribution in [0, 0.1) is 0 Å². The van der Waals surface area contributed by atoms with E-state index in [2.05, 4.69) is 12.2 Å². The Balaban J connectivity index is 1.94. The molecule has 0 unspecified atom stereocenters. The van der Waals surface area contributed by atoms with Crippen LogP contribution in [0.1, 0.15) is 43.5 Å². The van der Waals surface area contributed by atoms with Gasteiger partial charge in [0, 0.05) is 11.3 Å². The molecule has 0 fully saturated rings. The Morgan fingerprint density at radius 3 is 2.38 bits per heavy atom. The maximum absolute atomic E-state index is 12.3. The van der Waals surface area contributed by atoms with E-state index in [1.165, 1.54) is 0 Å². The van der Waals surface area contributed by atoms with Crippen molar-refractivity contribution in [2.24, 2.45) is 0 Å². The molecule has 1 N–H and O–H groups in total. The van der Waals surface area contributed by atoms with Crippen LogP contribution in [0.25, 0.3) is 0 Å². The van der Waals surface area contributed by atoms with E-state index in [9.17, 15) is 4.79 Å². The van der Waals surface area contributed by atoms with E-state index in [1.54, 1.807) is 12.1 Å². The van der Waals surface area contributed by atoms with Gasteiger partial charge in [0.2, 0.25) is 0 Å². The number of ether oxygens (including phenoxy) is 2. The summed E-state index contributed by atoms with van der Waals surface area (Å²) in [6.45, 7) is 5.54. The average molecular weight is 327 g/mol. The zero-order valence-electron chi connectivity index (χ0n) is 14.4. The van der Waals surface area contributed by atoms with Crippen LogP contribution >= 0.6 is 0 Å². The van der Waals surface area contributed by atoms with Gasteiger partial charge in [0.05, 0.1) is 13.2 Å². The summed E-state index contributed by atoms with van der Waals surface area (Å²) in [5.41, 5.74) is 1.31. The standard InChI is InChI=1S/C20H25NO3/c1-3-5-14-24-18-11-9-17(10-12-18)21-20(22)16-7-6-8-19(15-16)23-13-4-2/h6-12,15H,3-5,13-14H2,1-2H3,(H,21,22). The molecule has 0 heterocycles. The zero-order valence-corrected chi connectivity index (χ0v) is 14.4. The van der Waals surface area contributed by atoms with Gasteiger partial charge >= 0.3 is 0 Å². The van der Waals surface area contributed by atoms with E-state index in [-0.39, 0.29) is 5.91 Å². The molecule has 0 bridgehead atoms. The van der Waals surface area contributed by atoms with Crippen molar-refractivity contribution in [1.29, 1.82) is 0 Å². The van der Waals surface area contributed by atoms with E-state index >= 15 is 0 Å².